The number of carbonyl (C=O) groups is 2. The zero-order chi connectivity index (χ0) is 16.5. The molecule has 1 aromatic rings. The van der Waals surface area contributed by atoms with Crippen molar-refractivity contribution in [3.8, 4) is 0 Å². The van der Waals surface area contributed by atoms with Crippen LogP contribution in [0.3, 0.4) is 0 Å². The Labute approximate surface area is 129 Å². The number of ketones is 1. The predicted octanol–water partition coefficient (Wildman–Crippen LogP) is 0.457. The van der Waals surface area contributed by atoms with Gasteiger partial charge in [0.1, 0.15) is 0 Å². The number of aromatic nitrogens is 1. The van der Waals surface area contributed by atoms with Gasteiger partial charge in [-0.25, -0.2) is 5.48 Å². The van der Waals surface area contributed by atoms with Gasteiger partial charge >= 0.3 is 5.91 Å². The van der Waals surface area contributed by atoms with E-state index in [1.807, 2.05) is 12.1 Å². The molecular weight excluding hydrogens is 284 g/mol. The largest absolute Gasteiger partial charge is 0.401 e. The van der Waals surface area contributed by atoms with Crippen LogP contribution in [0.5, 0.6) is 0 Å². The second-order valence-corrected chi connectivity index (χ2v) is 5.45. The SMILES string of the molecule is CC(C)CN(C/C(N)=C/C(=O)C(=O)NO)Cc1cccnc1. The van der Waals surface area contributed by atoms with E-state index in [0.717, 1.165) is 18.2 Å². The third kappa shape index (κ3) is 6.47. The third-order valence-electron chi connectivity index (χ3n) is 2.80. The van der Waals surface area contributed by atoms with Gasteiger partial charge < -0.3 is 5.73 Å². The topological polar surface area (TPSA) is 109 Å². The second-order valence-electron chi connectivity index (χ2n) is 5.45. The maximum absolute atomic E-state index is 11.4. The monoisotopic (exact) mass is 306 g/mol. The lowest BCUT2D eigenvalue weighted by atomic mass is 10.1. The second kappa shape index (κ2) is 8.91. The molecule has 0 atom stereocenters. The lowest BCUT2D eigenvalue weighted by Crippen LogP contribution is -2.33. The summed E-state index contributed by atoms with van der Waals surface area (Å²) in [7, 11) is 0. The van der Waals surface area contributed by atoms with Gasteiger partial charge in [-0.15, -0.1) is 0 Å². The summed E-state index contributed by atoms with van der Waals surface area (Å²) < 4.78 is 0. The molecule has 0 aliphatic carbocycles. The first-order valence-corrected chi connectivity index (χ1v) is 6.98. The zero-order valence-electron chi connectivity index (χ0n) is 12.8. The Morgan fingerprint density at radius 2 is 2.23 bits per heavy atom. The Hall–Kier alpha value is -2.25. The molecule has 0 saturated heterocycles. The van der Waals surface area contributed by atoms with Gasteiger partial charge in [0.25, 0.3) is 0 Å². The number of nitrogens with one attached hydrogen (secondary N) is 1. The van der Waals surface area contributed by atoms with Crippen molar-refractivity contribution >= 4 is 11.7 Å². The predicted molar refractivity (Wildman–Crippen MR) is 81.6 cm³/mol. The molecule has 7 nitrogen and oxygen atoms in total. The quantitative estimate of drug-likeness (QED) is 0.279. The van der Waals surface area contributed by atoms with Crippen LogP contribution in [-0.4, -0.2) is 39.9 Å². The number of amides is 1. The van der Waals surface area contributed by atoms with Crippen molar-refractivity contribution in [2.75, 3.05) is 13.1 Å². The van der Waals surface area contributed by atoms with E-state index in [1.165, 1.54) is 5.48 Å². The summed E-state index contributed by atoms with van der Waals surface area (Å²) in [4.78, 5) is 28.5. The van der Waals surface area contributed by atoms with Crippen molar-refractivity contribution in [1.82, 2.24) is 15.4 Å². The number of carbonyl (C=O) groups excluding carboxylic acids is 2. The summed E-state index contributed by atoms with van der Waals surface area (Å²) in [5, 5.41) is 8.41. The minimum atomic E-state index is -1.11. The highest BCUT2D eigenvalue weighted by atomic mass is 16.5. The van der Waals surface area contributed by atoms with Gasteiger partial charge in [0, 0.05) is 43.8 Å². The fourth-order valence-electron chi connectivity index (χ4n) is 2.04. The van der Waals surface area contributed by atoms with E-state index >= 15 is 0 Å². The molecule has 0 aliphatic heterocycles. The van der Waals surface area contributed by atoms with Gasteiger partial charge in [-0.05, 0) is 17.5 Å². The van der Waals surface area contributed by atoms with Crippen LogP contribution in [0.15, 0.2) is 36.3 Å². The number of hydrogen-bond donors (Lipinski definition) is 3. The number of hydroxylamine groups is 1. The average Bonchev–Trinajstić information content (AvgIpc) is 2.46. The Morgan fingerprint density at radius 3 is 2.77 bits per heavy atom. The Morgan fingerprint density at radius 1 is 1.50 bits per heavy atom. The number of hydrogen-bond acceptors (Lipinski definition) is 6. The summed E-state index contributed by atoms with van der Waals surface area (Å²) >= 11 is 0. The van der Waals surface area contributed by atoms with Crippen LogP contribution >= 0.6 is 0 Å². The molecule has 0 aliphatic rings. The Kier molecular flexibility index (Phi) is 7.21. The molecule has 0 fully saturated rings. The first kappa shape index (κ1) is 17.8. The van der Waals surface area contributed by atoms with Crippen molar-refractivity contribution in [3.05, 3.63) is 41.9 Å². The maximum Gasteiger partial charge on any atom is 0.315 e. The number of nitrogens with zero attached hydrogens (tertiary/aromatic N) is 2. The van der Waals surface area contributed by atoms with E-state index in [1.54, 1.807) is 12.4 Å². The highest BCUT2D eigenvalue weighted by molar-refractivity contribution is 6.40. The Balaban J connectivity index is 2.74. The molecule has 0 saturated carbocycles. The summed E-state index contributed by atoms with van der Waals surface area (Å²) in [5.41, 5.74) is 8.40. The molecule has 0 bridgehead atoms. The summed E-state index contributed by atoms with van der Waals surface area (Å²) in [5.74, 6) is -1.57. The van der Waals surface area contributed by atoms with Crippen LogP contribution in [0.4, 0.5) is 0 Å². The highest BCUT2D eigenvalue weighted by Gasteiger charge is 2.13. The minimum absolute atomic E-state index is 0.262. The molecule has 1 heterocycles. The molecule has 0 aromatic carbocycles. The summed E-state index contributed by atoms with van der Waals surface area (Å²) in [6.07, 6.45) is 4.51. The van der Waals surface area contributed by atoms with E-state index < -0.39 is 11.7 Å². The Bertz CT molecular complexity index is 529. The molecule has 0 unspecified atom stereocenters. The van der Waals surface area contributed by atoms with Gasteiger partial charge in [0.05, 0.1) is 0 Å². The van der Waals surface area contributed by atoms with E-state index in [-0.39, 0.29) is 5.70 Å². The van der Waals surface area contributed by atoms with Gasteiger partial charge in [-0.1, -0.05) is 19.9 Å². The molecule has 7 heteroatoms. The van der Waals surface area contributed by atoms with Crippen LogP contribution in [0.2, 0.25) is 0 Å². The first-order valence-electron chi connectivity index (χ1n) is 6.98. The lowest BCUT2D eigenvalue weighted by molar-refractivity contribution is -0.140. The average molecular weight is 306 g/mol. The van der Waals surface area contributed by atoms with Gasteiger partial charge in [-0.2, -0.15) is 0 Å². The first-order chi connectivity index (χ1) is 10.4. The van der Waals surface area contributed by atoms with E-state index in [4.69, 9.17) is 10.9 Å². The van der Waals surface area contributed by atoms with Crippen LogP contribution in [0.25, 0.3) is 0 Å². The van der Waals surface area contributed by atoms with Crippen LogP contribution in [0, 0.1) is 5.92 Å². The fraction of sp³-hybridized carbons (Fsp3) is 0.400. The van der Waals surface area contributed by atoms with E-state index in [2.05, 4.69) is 23.7 Å². The zero-order valence-corrected chi connectivity index (χ0v) is 12.8. The van der Waals surface area contributed by atoms with Crippen molar-refractivity contribution in [3.63, 3.8) is 0 Å². The van der Waals surface area contributed by atoms with Crippen molar-refractivity contribution < 1.29 is 14.8 Å². The molecule has 0 radical (unpaired) electrons. The van der Waals surface area contributed by atoms with Crippen molar-refractivity contribution in [1.29, 1.82) is 0 Å². The molecule has 0 spiro atoms. The highest BCUT2D eigenvalue weighted by Crippen LogP contribution is 2.07. The molecule has 120 valence electrons. The number of rotatable bonds is 8. The molecule has 4 N–H and O–H groups in total. The van der Waals surface area contributed by atoms with E-state index in [0.29, 0.717) is 19.0 Å². The number of pyridine rings is 1. The maximum atomic E-state index is 11.4. The minimum Gasteiger partial charge on any atom is -0.401 e. The summed E-state index contributed by atoms with van der Waals surface area (Å²) in [6, 6.07) is 3.82. The van der Waals surface area contributed by atoms with E-state index in [9.17, 15) is 9.59 Å². The van der Waals surface area contributed by atoms with Crippen molar-refractivity contribution in [2.45, 2.75) is 20.4 Å². The molecule has 1 rings (SSSR count). The normalized spacial score (nSPS) is 11.8. The van der Waals surface area contributed by atoms with Crippen molar-refractivity contribution in [2.24, 2.45) is 11.7 Å². The molecule has 1 amide bonds. The van der Waals surface area contributed by atoms with Gasteiger partial charge in [-0.3, -0.25) is 24.7 Å². The smallest absolute Gasteiger partial charge is 0.315 e. The van der Waals surface area contributed by atoms with Crippen LogP contribution in [-0.2, 0) is 16.1 Å². The third-order valence-corrected chi connectivity index (χ3v) is 2.80. The standard InChI is InChI=1S/C15H22N4O3/c1-11(2)8-19(9-12-4-3-5-17-7-12)10-13(16)6-14(20)15(21)18-22/h3-7,11,22H,8-10,16H2,1-2H3,(H,18,21)/b13-6-. The number of nitrogens with two attached hydrogens (primary N) is 1. The van der Waals surface area contributed by atoms with Crippen LogP contribution < -0.4 is 11.2 Å². The molecule has 1 aromatic heterocycles. The van der Waals surface area contributed by atoms with Gasteiger partial charge in [0.15, 0.2) is 0 Å². The summed E-state index contributed by atoms with van der Waals surface area (Å²) in [6.45, 7) is 5.93. The van der Waals surface area contributed by atoms with Gasteiger partial charge in [0.2, 0.25) is 5.78 Å². The lowest BCUT2D eigenvalue weighted by Gasteiger charge is -2.24. The van der Waals surface area contributed by atoms with Crippen LogP contribution in [0.1, 0.15) is 19.4 Å². The molecular formula is C15H22N4O3. The molecule has 22 heavy (non-hydrogen) atoms. The fourth-order valence-corrected chi connectivity index (χ4v) is 2.04.